The van der Waals surface area contributed by atoms with E-state index >= 15 is 0 Å². The summed E-state index contributed by atoms with van der Waals surface area (Å²) in [6.07, 6.45) is 38.9. The molecule has 3 N–H and O–H groups in total. The van der Waals surface area contributed by atoms with E-state index in [1.165, 1.54) is 128 Å². The van der Waals surface area contributed by atoms with E-state index in [2.05, 4.69) is 48.5 Å². The highest BCUT2D eigenvalue weighted by Crippen LogP contribution is 2.45. The average molecular weight is 1260 g/mol. The molecule has 0 heterocycles. The van der Waals surface area contributed by atoms with E-state index in [1.54, 1.807) is 0 Å². The molecule has 0 aromatic rings. The first kappa shape index (κ1) is 83.1. The molecule has 0 spiro atoms. The third kappa shape index (κ3) is 58.2. The van der Waals surface area contributed by atoms with Crippen molar-refractivity contribution in [2.45, 2.75) is 343 Å². The van der Waals surface area contributed by atoms with Gasteiger partial charge in [-0.2, -0.15) is 0 Å². The minimum atomic E-state index is -4.95. The van der Waals surface area contributed by atoms with Crippen LogP contribution in [0.1, 0.15) is 325 Å². The summed E-state index contributed by atoms with van der Waals surface area (Å²) in [6.45, 7) is 11.7. The van der Waals surface area contributed by atoms with Crippen molar-refractivity contribution in [1.82, 2.24) is 0 Å². The summed E-state index contributed by atoms with van der Waals surface area (Å²) in [4.78, 5) is 72.3. The van der Waals surface area contributed by atoms with Crippen molar-refractivity contribution in [3.63, 3.8) is 0 Å². The van der Waals surface area contributed by atoms with Crippen LogP contribution in [0.4, 0.5) is 0 Å². The molecular formula is C66H128O17P2. The standard InChI is InChI=1S/C66H128O17P2/c1-8-11-12-13-14-15-19-26-35-42-49-65(70)83-62(54-77-64(69)48-41-34-29-28-30-37-44-57(4)5)56-81-85(74,75)79-52-60(67)51-78-84(72,73)80-55-61(53-76-63(68)47-40-33-25-22-21-24-32-39-46-59(7)10-3)82-66(71)50-43-36-27-20-17-16-18-23-31-38-45-58(6)9-2/h57-62,67H,8-56H2,1-7H3,(H,72,73)(H,74,75)/t58?,59?,60-,61-,62-/m1/s1. The third-order valence-electron chi connectivity index (χ3n) is 15.9. The normalized spacial score (nSPS) is 15.0. The molecule has 85 heavy (non-hydrogen) atoms. The summed E-state index contributed by atoms with van der Waals surface area (Å²) in [5.74, 6) is 0.126. The molecule has 0 bridgehead atoms. The van der Waals surface area contributed by atoms with Gasteiger partial charge < -0.3 is 33.8 Å². The summed E-state index contributed by atoms with van der Waals surface area (Å²) in [7, 11) is -9.89. The van der Waals surface area contributed by atoms with Gasteiger partial charge in [0, 0.05) is 25.7 Å². The molecule has 0 aromatic heterocycles. The highest BCUT2D eigenvalue weighted by molar-refractivity contribution is 7.47. The van der Waals surface area contributed by atoms with Gasteiger partial charge in [-0.1, -0.05) is 273 Å². The van der Waals surface area contributed by atoms with Crippen molar-refractivity contribution in [2.75, 3.05) is 39.6 Å². The molecule has 4 unspecified atom stereocenters. The molecule has 7 atom stereocenters. The van der Waals surface area contributed by atoms with Crippen molar-refractivity contribution in [3.05, 3.63) is 0 Å². The van der Waals surface area contributed by atoms with E-state index < -0.39 is 97.5 Å². The molecule has 0 radical (unpaired) electrons. The maximum atomic E-state index is 13.0. The Bertz CT molecular complexity index is 1690. The van der Waals surface area contributed by atoms with Gasteiger partial charge in [0.25, 0.3) is 0 Å². The van der Waals surface area contributed by atoms with Crippen LogP contribution in [-0.2, 0) is 65.4 Å². The van der Waals surface area contributed by atoms with E-state index in [0.717, 1.165) is 108 Å². The zero-order valence-corrected chi connectivity index (χ0v) is 56.9. The van der Waals surface area contributed by atoms with Crippen LogP contribution in [-0.4, -0.2) is 96.7 Å². The van der Waals surface area contributed by atoms with Gasteiger partial charge in [0.15, 0.2) is 12.2 Å². The monoisotopic (exact) mass is 1250 g/mol. The maximum absolute atomic E-state index is 13.0. The molecule has 504 valence electrons. The lowest BCUT2D eigenvalue weighted by molar-refractivity contribution is -0.161. The van der Waals surface area contributed by atoms with Crippen LogP contribution in [0.3, 0.4) is 0 Å². The summed E-state index contributed by atoms with van der Waals surface area (Å²) < 4.78 is 68.1. The average Bonchev–Trinajstić information content (AvgIpc) is 3.50. The summed E-state index contributed by atoms with van der Waals surface area (Å²) in [6, 6.07) is 0. The molecule has 0 aliphatic heterocycles. The van der Waals surface area contributed by atoms with Crippen molar-refractivity contribution >= 4 is 39.5 Å². The molecule has 19 heteroatoms. The Morgan fingerprint density at radius 3 is 0.894 bits per heavy atom. The lowest BCUT2D eigenvalue weighted by Crippen LogP contribution is -2.30. The smallest absolute Gasteiger partial charge is 0.462 e. The number of esters is 4. The number of carbonyl (C=O) groups is 4. The summed E-state index contributed by atoms with van der Waals surface area (Å²) in [5.41, 5.74) is 0. The molecule has 17 nitrogen and oxygen atoms in total. The number of ether oxygens (including phenoxy) is 4. The quantitative estimate of drug-likeness (QED) is 0.0222. The fraction of sp³-hybridized carbons (Fsp3) is 0.939. The first-order chi connectivity index (χ1) is 40.8. The zero-order valence-electron chi connectivity index (χ0n) is 55.1. The van der Waals surface area contributed by atoms with Gasteiger partial charge in [-0.25, -0.2) is 9.13 Å². The predicted molar refractivity (Wildman–Crippen MR) is 340 cm³/mol. The molecule has 0 aliphatic rings. The Morgan fingerprint density at radius 2 is 0.600 bits per heavy atom. The number of unbranched alkanes of at least 4 members (excludes halogenated alkanes) is 30. The van der Waals surface area contributed by atoms with Crippen LogP contribution in [0.15, 0.2) is 0 Å². The van der Waals surface area contributed by atoms with Crippen molar-refractivity contribution in [3.8, 4) is 0 Å². The van der Waals surface area contributed by atoms with Crippen molar-refractivity contribution in [2.24, 2.45) is 17.8 Å². The predicted octanol–water partition coefficient (Wildman–Crippen LogP) is 18.3. The van der Waals surface area contributed by atoms with Gasteiger partial charge in [-0.05, 0) is 43.4 Å². The highest BCUT2D eigenvalue weighted by atomic mass is 31.2. The zero-order chi connectivity index (χ0) is 63.1. The lowest BCUT2D eigenvalue weighted by atomic mass is 9.99. The van der Waals surface area contributed by atoms with Crippen LogP contribution in [0.5, 0.6) is 0 Å². The Balaban J connectivity index is 5.25. The van der Waals surface area contributed by atoms with Gasteiger partial charge in [-0.3, -0.25) is 37.3 Å². The number of phosphoric ester groups is 2. The Hall–Kier alpha value is -1.94. The minimum Gasteiger partial charge on any atom is -0.462 e. The van der Waals surface area contributed by atoms with Crippen LogP contribution >= 0.6 is 15.6 Å². The first-order valence-corrected chi connectivity index (χ1v) is 37.4. The van der Waals surface area contributed by atoms with Gasteiger partial charge in [0.05, 0.1) is 26.4 Å². The van der Waals surface area contributed by atoms with Crippen LogP contribution in [0.2, 0.25) is 0 Å². The van der Waals surface area contributed by atoms with Crippen LogP contribution < -0.4 is 0 Å². The SMILES string of the molecule is CCCCCCCCCCCCC(=O)O[C@H](COC(=O)CCCCCCCCC(C)C)COP(=O)(O)OC[C@H](O)COP(=O)(O)OC[C@@H](COC(=O)CCCCCCCCCCC(C)CC)OC(=O)CCCCCCCCCCCCC(C)CC. The second-order valence-corrected chi connectivity index (χ2v) is 27.7. The van der Waals surface area contributed by atoms with Gasteiger partial charge in [0.1, 0.15) is 19.3 Å². The van der Waals surface area contributed by atoms with Gasteiger partial charge in [0.2, 0.25) is 0 Å². The number of rotatable bonds is 64. The van der Waals surface area contributed by atoms with E-state index in [1.807, 2.05) is 0 Å². The molecule has 0 fully saturated rings. The Labute approximate surface area is 517 Å². The highest BCUT2D eigenvalue weighted by Gasteiger charge is 2.30. The molecule has 0 aliphatic carbocycles. The lowest BCUT2D eigenvalue weighted by Gasteiger charge is -2.21. The van der Waals surface area contributed by atoms with E-state index in [9.17, 15) is 43.2 Å². The number of aliphatic hydroxyl groups is 1. The minimum absolute atomic E-state index is 0.105. The van der Waals surface area contributed by atoms with Gasteiger partial charge in [-0.15, -0.1) is 0 Å². The van der Waals surface area contributed by atoms with Crippen LogP contribution in [0, 0.1) is 17.8 Å². The molecule has 0 saturated heterocycles. The largest absolute Gasteiger partial charge is 0.472 e. The summed E-state index contributed by atoms with van der Waals surface area (Å²) in [5, 5.41) is 10.5. The van der Waals surface area contributed by atoms with Crippen molar-refractivity contribution in [1.29, 1.82) is 0 Å². The fourth-order valence-electron chi connectivity index (χ4n) is 9.77. The van der Waals surface area contributed by atoms with Crippen molar-refractivity contribution < 1.29 is 80.2 Å². The Morgan fingerprint density at radius 1 is 0.341 bits per heavy atom. The topological polar surface area (TPSA) is 237 Å². The maximum Gasteiger partial charge on any atom is 0.472 e. The van der Waals surface area contributed by atoms with E-state index in [-0.39, 0.29) is 25.7 Å². The number of phosphoric acid groups is 2. The first-order valence-electron chi connectivity index (χ1n) is 34.4. The molecule has 0 rings (SSSR count). The number of hydrogen-bond donors (Lipinski definition) is 3. The number of carbonyl (C=O) groups excluding carboxylic acids is 4. The number of hydrogen-bond acceptors (Lipinski definition) is 15. The molecule has 0 saturated carbocycles. The second-order valence-electron chi connectivity index (χ2n) is 24.8. The van der Waals surface area contributed by atoms with Crippen LogP contribution in [0.25, 0.3) is 0 Å². The molecule has 0 amide bonds. The van der Waals surface area contributed by atoms with E-state index in [4.69, 9.17) is 37.0 Å². The second kappa shape index (κ2) is 57.2. The number of aliphatic hydroxyl groups excluding tert-OH is 1. The third-order valence-corrected chi connectivity index (χ3v) is 17.8. The van der Waals surface area contributed by atoms with Gasteiger partial charge >= 0.3 is 39.5 Å². The van der Waals surface area contributed by atoms with E-state index in [0.29, 0.717) is 31.6 Å². The molecular weight excluding hydrogens is 1130 g/mol. The summed E-state index contributed by atoms with van der Waals surface area (Å²) >= 11 is 0. The fourth-order valence-corrected chi connectivity index (χ4v) is 11.3. The molecule has 0 aromatic carbocycles. The Kier molecular flexibility index (Phi) is 55.9.